The minimum absolute atomic E-state index is 0.792. The van der Waals surface area contributed by atoms with Gasteiger partial charge in [0.1, 0.15) is 0 Å². The van der Waals surface area contributed by atoms with Crippen LogP contribution in [0.1, 0.15) is 26.1 Å². The molecule has 0 bridgehead atoms. The number of fused-ring (bicyclic) bond motifs is 1. The van der Waals surface area contributed by atoms with Crippen LogP contribution < -0.4 is 0 Å². The van der Waals surface area contributed by atoms with E-state index in [1.54, 1.807) is 10.7 Å². The summed E-state index contributed by atoms with van der Waals surface area (Å²) in [5.74, 6) is 0.815. The number of rotatable bonds is 0. The van der Waals surface area contributed by atoms with Crippen LogP contribution >= 0.6 is 0 Å². The molecule has 0 aromatic carbocycles. The molecule has 13 heavy (non-hydrogen) atoms. The Kier molecular flexibility index (Phi) is 3.37. The standard InChI is InChI=1S/C6H6N4.C3H8/c1-5-8-9-6-3-2-4-7-10(5)6;1-3-2/h2-4H,1H3;3H2,1-2H3. The average molecular weight is 178 g/mol. The summed E-state index contributed by atoms with van der Waals surface area (Å²) in [5, 5.41) is 11.7. The third-order valence-electron chi connectivity index (χ3n) is 1.33. The lowest BCUT2D eigenvalue weighted by Gasteiger charge is -1.87. The Morgan fingerprint density at radius 2 is 2.00 bits per heavy atom. The molecule has 70 valence electrons. The molecule has 0 radical (unpaired) electrons. The van der Waals surface area contributed by atoms with E-state index in [9.17, 15) is 0 Å². The van der Waals surface area contributed by atoms with Gasteiger partial charge in [0.15, 0.2) is 11.5 Å². The highest BCUT2D eigenvalue weighted by Gasteiger charge is 1.96. The summed E-state index contributed by atoms with van der Waals surface area (Å²) < 4.78 is 1.69. The lowest BCUT2D eigenvalue weighted by Crippen LogP contribution is -1.91. The second-order valence-electron chi connectivity index (χ2n) is 2.75. The normalized spacial score (nSPS) is 9.46. The van der Waals surface area contributed by atoms with Gasteiger partial charge in [-0.3, -0.25) is 0 Å². The summed E-state index contributed by atoms with van der Waals surface area (Å²) in [6.45, 7) is 6.12. The Bertz CT molecular complexity index is 366. The predicted octanol–water partition coefficient (Wildman–Crippen LogP) is 1.85. The molecule has 0 spiro atoms. The van der Waals surface area contributed by atoms with E-state index in [-0.39, 0.29) is 0 Å². The van der Waals surface area contributed by atoms with E-state index in [2.05, 4.69) is 29.1 Å². The molecule has 4 nitrogen and oxygen atoms in total. The Morgan fingerprint density at radius 1 is 1.31 bits per heavy atom. The van der Waals surface area contributed by atoms with Crippen molar-refractivity contribution >= 4 is 5.65 Å². The molecule has 2 rings (SSSR count). The second-order valence-corrected chi connectivity index (χ2v) is 2.75. The fraction of sp³-hybridized carbons (Fsp3) is 0.444. The molecular formula is C9H14N4. The van der Waals surface area contributed by atoms with Crippen LogP contribution in [-0.4, -0.2) is 19.8 Å². The zero-order chi connectivity index (χ0) is 9.68. The average Bonchev–Trinajstić information content (AvgIpc) is 2.50. The van der Waals surface area contributed by atoms with Crippen molar-refractivity contribution in [3.05, 3.63) is 24.2 Å². The third-order valence-corrected chi connectivity index (χ3v) is 1.33. The molecular weight excluding hydrogens is 164 g/mol. The van der Waals surface area contributed by atoms with E-state index >= 15 is 0 Å². The van der Waals surface area contributed by atoms with Crippen LogP contribution in [0, 0.1) is 6.92 Å². The van der Waals surface area contributed by atoms with Gasteiger partial charge in [0.05, 0.1) is 0 Å². The van der Waals surface area contributed by atoms with Crippen molar-refractivity contribution in [3.8, 4) is 0 Å². The molecule has 0 amide bonds. The summed E-state index contributed by atoms with van der Waals surface area (Å²) in [4.78, 5) is 0. The minimum Gasteiger partial charge on any atom is -0.198 e. The molecule has 0 aliphatic heterocycles. The van der Waals surface area contributed by atoms with E-state index in [4.69, 9.17) is 0 Å². The number of hydrogen-bond donors (Lipinski definition) is 0. The van der Waals surface area contributed by atoms with Gasteiger partial charge in [0.2, 0.25) is 0 Å². The van der Waals surface area contributed by atoms with Crippen LogP contribution in [0.4, 0.5) is 0 Å². The Balaban J connectivity index is 0.000000251. The summed E-state index contributed by atoms with van der Waals surface area (Å²) in [5.41, 5.74) is 0.792. The van der Waals surface area contributed by atoms with Gasteiger partial charge in [0, 0.05) is 6.20 Å². The first-order chi connectivity index (χ1) is 6.29. The van der Waals surface area contributed by atoms with Gasteiger partial charge in [-0.1, -0.05) is 20.3 Å². The number of nitrogens with zero attached hydrogens (tertiary/aromatic N) is 4. The van der Waals surface area contributed by atoms with Crippen LogP contribution in [0.5, 0.6) is 0 Å². The largest absolute Gasteiger partial charge is 0.198 e. The van der Waals surface area contributed by atoms with Crippen molar-refractivity contribution in [2.45, 2.75) is 27.2 Å². The lowest BCUT2D eigenvalue weighted by atomic mass is 10.5. The van der Waals surface area contributed by atoms with Gasteiger partial charge in [-0.25, -0.2) is 0 Å². The van der Waals surface area contributed by atoms with Crippen molar-refractivity contribution in [2.24, 2.45) is 0 Å². The molecule has 2 aromatic heterocycles. The summed E-state index contributed by atoms with van der Waals surface area (Å²) >= 11 is 0. The Labute approximate surface area is 77.6 Å². The fourth-order valence-electron chi connectivity index (χ4n) is 0.855. The van der Waals surface area contributed by atoms with Gasteiger partial charge < -0.3 is 0 Å². The van der Waals surface area contributed by atoms with Crippen molar-refractivity contribution in [3.63, 3.8) is 0 Å². The highest BCUT2D eigenvalue weighted by molar-refractivity contribution is 5.34. The zero-order valence-electron chi connectivity index (χ0n) is 8.23. The number of aromatic nitrogens is 4. The van der Waals surface area contributed by atoms with Crippen molar-refractivity contribution in [1.82, 2.24) is 19.8 Å². The molecule has 0 unspecified atom stereocenters. The first-order valence-corrected chi connectivity index (χ1v) is 4.42. The van der Waals surface area contributed by atoms with E-state index in [0.29, 0.717) is 0 Å². The first kappa shape index (κ1) is 9.64. The van der Waals surface area contributed by atoms with Crippen molar-refractivity contribution in [2.75, 3.05) is 0 Å². The molecule has 4 heteroatoms. The smallest absolute Gasteiger partial charge is 0.177 e. The molecule has 0 aliphatic carbocycles. The molecule has 2 heterocycles. The first-order valence-electron chi connectivity index (χ1n) is 4.42. The summed E-state index contributed by atoms with van der Waals surface area (Å²) in [7, 11) is 0. The quantitative estimate of drug-likeness (QED) is 0.618. The Hall–Kier alpha value is -1.45. The van der Waals surface area contributed by atoms with Crippen LogP contribution in [0.15, 0.2) is 18.3 Å². The molecule has 2 aromatic rings. The Morgan fingerprint density at radius 3 is 2.62 bits per heavy atom. The SMILES string of the molecule is CCC.Cc1nnc2cccnn12. The highest BCUT2D eigenvalue weighted by Crippen LogP contribution is 1.96. The minimum atomic E-state index is 0.792. The van der Waals surface area contributed by atoms with Crippen LogP contribution in [-0.2, 0) is 0 Å². The summed E-state index contributed by atoms with van der Waals surface area (Å²) in [6.07, 6.45) is 2.96. The maximum absolute atomic E-state index is 4.03. The van der Waals surface area contributed by atoms with Gasteiger partial charge in [-0.15, -0.1) is 10.2 Å². The van der Waals surface area contributed by atoms with Gasteiger partial charge in [-0.2, -0.15) is 9.61 Å². The third kappa shape index (κ3) is 2.24. The van der Waals surface area contributed by atoms with Gasteiger partial charge in [-0.05, 0) is 19.1 Å². The second kappa shape index (κ2) is 4.54. The topological polar surface area (TPSA) is 43.1 Å². The fourth-order valence-corrected chi connectivity index (χ4v) is 0.855. The maximum atomic E-state index is 4.03. The lowest BCUT2D eigenvalue weighted by molar-refractivity contribution is 0.875. The van der Waals surface area contributed by atoms with E-state index < -0.39 is 0 Å². The number of hydrogen-bond acceptors (Lipinski definition) is 3. The van der Waals surface area contributed by atoms with Gasteiger partial charge >= 0.3 is 0 Å². The van der Waals surface area contributed by atoms with E-state index in [1.807, 2.05) is 19.1 Å². The van der Waals surface area contributed by atoms with E-state index in [1.165, 1.54) is 6.42 Å². The number of aryl methyl sites for hydroxylation is 1. The van der Waals surface area contributed by atoms with Crippen LogP contribution in [0.25, 0.3) is 5.65 Å². The van der Waals surface area contributed by atoms with Gasteiger partial charge in [0.25, 0.3) is 0 Å². The molecule has 0 aliphatic rings. The molecule has 0 N–H and O–H groups in total. The van der Waals surface area contributed by atoms with Crippen LogP contribution in [0.3, 0.4) is 0 Å². The van der Waals surface area contributed by atoms with E-state index in [0.717, 1.165) is 11.5 Å². The monoisotopic (exact) mass is 178 g/mol. The predicted molar refractivity (Wildman–Crippen MR) is 51.5 cm³/mol. The maximum Gasteiger partial charge on any atom is 0.177 e. The van der Waals surface area contributed by atoms with Crippen molar-refractivity contribution in [1.29, 1.82) is 0 Å². The summed E-state index contributed by atoms with van der Waals surface area (Å²) in [6, 6.07) is 3.70. The van der Waals surface area contributed by atoms with Crippen molar-refractivity contribution < 1.29 is 0 Å². The molecule has 0 saturated carbocycles. The van der Waals surface area contributed by atoms with Crippen LogP contribution in [0.2, 0.25) is 0 Å². The molecule has 0 fully saturated rings. The molecule has 0 saturated heterocycles. The molecule has 0 atom stereocenters. The highest BCUT2D eigenvalue weighted by atomic mass is 15.4. The zero-order valence-corrected chi connectivity index (χ0v) is 8.23.